The number of carbonyl (C=O) groups is 1. The molecule has 1 atom stereocenters. The van der Waals surface area contributed by atoms with Gasteiger partial charge in [-0.3, -0.25) is 4.79 Å². The van der Waals surface area contributed by atoms with E-state index < -0.39 is 9.05 Å². The lowest BCUT2D eigenvalue weighted by atomic mass is 10.1. The van der Waals surface area contributed by atoms with Crippen molar-refractivity contribution in [1.29, 1.82) is 0 Å². The molecule has 0 radical (unpaired) electrons. The lowest BCUT2D eigenvalue weighted by Gasteiger charge is -2.14. The van der Waals surface area contributed by atoms with E-state index in [2.05, 4.69) is 5.32 Å². The van der Waals surface area contributed by atoms with Crippen molar-refractivity contribution in [3.63, 3.8) is 0 Å². The Kier molecular flexibility index (Phi) is 4.85. The summed E-state index contributed by atoms with van der Waals surface area (Å²) in [6.07, 6.45) is 3.36. The van der Waals surface area contributed by atoms with Crippen LogP contribution in [0.25, 0.3) is 0 Å². The van der Waals surface area contributed by atoms with Gasteiger partial charge >= 0.3 is 0 Å². The van der Waals surface area contributed by atoms with E-state index in [0.717, 1.165) is 6.42 Å². The van der Waals surface area contributed by atoms with Crippen molar-refractivity contribution in [3.05, 3.63) is 28.3 Å². The summed E-state index contributed by atoms with van der Waals surface area (Å²) in [7, 11) is 1.44. The van der Waals surface area contributed by atoms with Crippen molar-refractivity contribution < 1.29 is 13.2 Å². The van der Waals surface area contributed by atoms with Gasteiger partial charge in [0, 0.05) is 27.3 Å². The van der Waals surface area contributed by atoms with E-state index in [1.165, 1.54) is 25.0 Å². The van der Waals surface area contributed by atoms with Crippen molar-refractivity contribution in [1.82, 2.24) is 5.32 Å². The summed E-state index contributed by atoms with van der Waals surface area (Å²) in [5, 5.41) is 3.06. The normalized spacial score (nSPS) is 16.6. The van der Waals surface area contributed by atoms with Crippen LogP contribution in [0.15, 0.2) is 17.0 Å². The molecule has 1 N–H and O–H groups in total. The fraction of sp³-hybridized carbons (Fsp3) is 0.500. The third-order valence-electron chi connectivity index (χ3n) is 3.58. The van der Waals surface area contributed by atoms with Gasteiger partial charge in [0.2, 0.25) is 0 Å². The highest BCUT2D eigenvalue weighted by Crippen LogP contribution is 2.33. The van der Waals surface area contributed by atoms with Gasteiger partial charge in [-0.25, -0.2) is 8.42 Å². The smallest absolute Gasteiger partial charge is 0.261 e. The first-order valence-corrected chi connectivity index (χ1v) is 9.43. The second-order valence-electron chi connectivity index (χ2n) is 5.57. The van der Waals surface area contributed by atoms with E-state index in [-0.39, 0.29) is 27.4 Å². The fourth-order valence-electron chi connectivity index (χ4n) is 2.26. The molecule has 0 bridgehead atoms. The maximum absolute atomic E-state index is 12.2. The predicted octanol–water partition coefficient (Wildman–Crippen LogP) is 3.49. The zero-order chi connectivity index (χ0) is 15.8. The molecule has 0 heterocycles. The van der Waals surface area contributed by atoms with Crippen LogP contribution in [0.2, 0.25) is 5.02 Å². The second-order valence-corrected chi connectivity index (χ2v) is 8.51. The zero-order valence-corrected chi connectivity index (χ0v) is 14.1. The fourth-order valence-corrected chi connectivity index (χ4v) is 3.76. The van der Waals surface area contributed by atoms with Gasteiger partial charge < -0.3 is 5.32 Å². The van der Waals surface area contributed by atoms with Gasteiger partial charge in [-0.05, 0) is 43.9 Å². The summed E-state index contributed by atoms with van der Waals surface area (Å²) < 4.78 is 23.1. The molecule has 1 fully saturated rings. The molecule has 1 aromatic rings. The molecule has 7 heteroatoms. The van der Waals surface area contributed by atoms with Crippen LogP contribution in [0.5, 0.6) is 0 Å². The molecule has 2 rings (SSSR count). The van der Waals surface area contributed by atoms with Crippen molar-refractivity contribution in [3.8, 4) is 0 Å². The number of halogens is 2. The first-order chi connectivity index (χ1) is 9.68. The molecule has 21 heavy (non-hydrogen) atoms. The summed E-state index contributed by atoms with van der Waals surface area (Å²) in [5.74, 6) is 0.354. The molecule has 0 aromatic heterocycles. The van der Waals surface area contributed by atoms with Crippen LogP contribution in [0, 0.1) is 12.8 Å². The molecule has 1 aliphatic carbocycles. The number of rotatable bonds is 5. The molecule has 0 saturated heterocycles. The van der Waals surface area contributed by atoms with Crippen LogP contribution in [-0.4, -0.2) is 20.4 Å². The van der Waals surface area contributed by atoms with E-state index in [1.54, 1.807) is 6.92 Å². The quantitative estimate of drug-likeness (QED) is 0.827. The highest BCUT2D eigenvalue weighted by Gasteiger charge is 2.25. The topological polar surface area (TPSA) is 63.2 Å². The van der Waals surface area contributed by atoms with Crippen LogP contribution < -0.4 is 5.32 Å². The molecule has 1 amide bonds. The van der Waals surface area contributed by atoms with Gasteiger partial charge in [0.25, 0.3) is 15.0 Å². The predicted molar refractivity (Wildman–Crippen MR) is 83.5 cm³/mol. The Balaban J connectivity index is 2.22. The largest absolute Gasteiger partial charge is 0.350 e. The monoisotopic (exact) mass is 349 g/mol. The molecule has 4 nitrogen and oxygen atoms in total. The van der Waals surface area contributed by atoms with Crippen molar-refractivity contribution in [2.75, 3.05) is 0 Å². The summed E-state index contributed by atoms with van der Waals surface area (Å²) in [6.45, 7) is 3.49. The van der Waals surface area contributed by atoms with Gasteiger partial charge in [-0.15, -0.1) is 0 Å². The van der Waals surface area contributed by atoms with Crippen LogP contribution in [0.4, 0.5) is 0 Å². The Morgan fingerprint density at radius 1 is 1.43 bits per heavy atom. The Labute approximate surface area is 134 Å². The number of amides is 1. The summed E-state index contributed by atoms with van der Waals surface area (Å²) in [6, 6.07) is 2.77. The summed E-state index contributed by atoms with van der Waals surface area (Å²) in [5.41, 5.74) is 0.543. The Morgan fingerprint density at radius 2 is 2.05 bits per heavy atom. The first-order valence-electron chi connectivity index (χ1n) is 6.74. The molecule has 1 aromatic carbocycles. The van der Waals surface area contributed by atoms with Crippen LogP contribution in [0.3, 0.4) is 0 Å². The molecular formula is C14H17Cl2NO3S. The van der Waals surface area contributed by atoms with Gasteiger partial charge in [0.1, 0.15) is 0 Å². The Hall–Kier alpha value is -0.780. The molecule has 116 valence electrons. The van der Waals surface area contributed by atoms with Gasteiger partial charge in [0.15, 0.2) is 0 Å². The van der Waals surface area contributed by atoms with Crippen molar-refractivity contribution in [2.24, 2.45) is 5.92 Å². The van der Waals surface area contributed by atoms with E-state index >= 15 is 0 Å². The molecule has 0 spiro atoms. The van der Waals surface area contributed by atoms with E-state index in [9.17, 15) is 13.2 Å². The maximum Gasteiger partial charge on any atom is 0.261 e. The average molecular weight is 350 g/mol. The number of carbonyl (C=O) groups excluding carboxylic acids is 1. The first kappa shape index (κ1) is 16.6. The van der Waals surface area contributed by atoms with E-state index in [1.807, 2.05) is 6.92 Å². The lowest BCUT2D eigenvalue weighted by Crippen LogP contribution is -2.33. The lowest BCUT2D eigenvalue weighted by molar-refractivity contribution is 0.0937. The third kappa shape index (κ3) is 4.34. The minimum atomic E-state index is -3.94. The third-order valence-corrected chi connectivity index (χ3v) is 5.42. The average Bonchev–Trinajstić information content (AvgIpc) is 3.14. The van der Waals surface area contributed by atoms with Crippen molar-refractivity contribution >= 4 is 37.2 Å². The summed E-state index contributed by atoms with van der Waals surface area (Å²) >= 11 is 6.00. The zero-order valence-electron chi connectivity index (χ0n) is 11.8. The highest BCUT2D eigenvalue weighted by molar-refractivity contribution is 8.13. The number of nitrogens with one attached hydrogen (secondary N) is 1. The molecule has 1 aliphatic rings. The molecule has 0 aliphatic heterocycles. The van der Waals surface area contributed by atoms with E-state index in [0.29, 0.717) is 11.5 Å². The van der Waals surface area contributed by atoms with Crippen LogP contribution in [-0.2, 0) is 9.05 Å². The molecule has 1 saturated carbocycles. The molecular weight excluding hydrogens is 333 g/mol. The van der Waals surface area contributed by atoms with E-state index in [4.69, 9.17) is 22.3 Å². The molecule has 1 unspecified atom stereocenters. The van der Waals surface area contributed by atoms with Crippen LogP contribution in [0.1, 0.15) is 42.1 Å². The van der Waals surface area contributed by atoms with Gasteiger partial charge in [0.05, 0.1) is 4.90 Å². The van der Waals surface area contributed by atoms with Crippen LogP contribution >= 0.6 is 22.3 Å². The maximum atomic E-state index is 12.2. The Bertz CT molecular complexity index is 669. The van der Waals surface area contributed by atoms with Crippen molar-refractivity contribution in [2.45, 2.75) is 44.0 Å². The Morgan fingerprint density at radius 3 is 2.57 bits per heavy atom. The standard InChI is InChI=1S/C14H17Cl2NO3S/c1-8(5-10-3-4-10)17-14(18)11-6-12(15)9(2)13(7-11)21(16,19)20/h6-8,10H,3-5H2,1-2H3,(H,17,18). The second kappa shape index (κ2) is 6.15. The number of hydrogen-bond donors (Lipinski definition) is 1. The minimum Gasteiger partial charge on any atom is -0.350 e. The minimum absolute atomic E-state index is 0.0427. The number of benzene rings is 1. The number of hydrogen-bond acceptors (Lipinski definition) is 3. The summed E-state index contributed by atoms with van der Waals surface area (Å²) in [4.78, 5) is 12.1. The highest BCUT2D eigenvalue weighted by atomic mass is 35.7. The SMILES string of the molecule is Cc1c(Cl)cc(C(=O)NC(C)CC2CC2)cc1S(=O)(=O)Cl. The van der Waals surface area contributed by atoms with Gasteiger partial charge in [-0.1, -0.05) is 24.4 Å². The van der Waals surface area contributed by atoms with Gasteiger partial charge in [-0.2, -0.15) is 0 Å².